The summed E-state index contributed by atoms with van der Waals surface area (Å²) in [5.41, 5.74) is 0. The summed E-state index contributed by atoms with van der Waals surface area (Å²) in [6, 6.07) is 0.505. The molecule has 6 nitrogen and oxygen atoms in total. The Kier molecular flexibility index (Phi) is 4.75. The molecule has 1 N–H and O–H groups in total. The summed E-state index contributed by atoms with van der Waals surface area (Å²) in [5.74, 6) is 2.00. The number of anilines is 1. The van der Waals surface area contributed by atoms with Crippen molar-refractivity contribution >= 4 is 5.95 Å². The molecule has 0 amide bonds. The van der Waals surface area contributed by atoms with Crippen LogP contribution < -0.4 is 10.2 Å². The van der Waals surface area contributed by atoms with Crippen LogP contribution in [0.2, 0.25) is 0 Å². The van der Waals surface area contributed by atoms with Gasteiger partial charge in [-0.1, -0.05) is 13.3 Å². The summed E-state index contributed by atoms with van der Waals surface area (Å²) in [6.45, 7) is 7.37. The van der Waals surface area contributed by atoms with Crippen LogP contribution in [0.3, 0.4) is 0 Å². The highest BCUT2D eigenvalue weighted by Gasteiger charge is 2.33. The molecule has 0 spiro atoms. The van der Waals surface area contributed by atoms with E-state index < -0.39 is 0 Å². The summed E-state index contributed by atoms with van der Waals surface area (Å²) in [7, 11) is 2.15. The summed E-state index contributed by atoms with van der Waals surface area (Å²) in [4.78, 5) is 9.25. The van der Waals surface area contributed by atoms with Gasteiger partial charge in [-0.05, 0) is 38.0 Å². The van der Waals surface area contributed by atoms with Crippen LogP contribution >= 0.6 is 0 Å². The number of piperazine rings is 1. The second-order valence-corrected chi connectivity index (χ2v) is 6.32. The minimum absolute atomic E-state index is 0.394. The van der Waals surface area contributed by atoms with Crippen molar-refractivity contribution in [3.05, 3.63) is 5.89 Å². The Balaban J connectivity index is 1.64. The topological polar surface area (TPSA) is 57.4 Å². The van der Waals surface area contributed by atoms with Crippen molar-refractivity contribution in [2.75, 3.05) is 44.7 Å². The maximum Gasteiger partial charge on any atom is 0.266 e. The van der Waals surface area contributed by atoms with Gasteiger partial charge in [0, 0.05) is 32.2 Å². The Bertz CT molecular complexity index is 441. The van der Waals surface area contributed by atoms with E-state index in [2.05, 4.69) is 39.2 Å². The number of likely N-dealkylation sites (N-methyl/N-ethyl adjacent to an activating group) is 1. The van der Waals surface area contributed by atoms with Crippen LogP contribution in [0.4, 0.5) is 5.95 Å². The lowest BCUT2D eigenvalue weighted by molar-refractivity contribution is 0.306. The van der Waals surface area contributed by atoms with Crippen molar-refractivity contribution in [3.8, 4) is 0 Å². The molecule has 21 heavy (non-hydrogen) atoms. The van der Waals surface area contributed by atoms with Gasteiger partial charge in [0.1, 0.15) is 0 Å². The number of rotatable bonds is 5. The first kappa shape index (κ1) is 14.8. The van der Waals surface area contributed by atoms with E-state index in [0.717, 1.165) is 51.0 Å². The van der Waals surface area contributed by atoms with E-state index >= 15 is 0 Å². The Morgan fingerprint density at radius 3 is 2.81 bits per heavy atom. The lowest BCUT2D eigenvalue weighted by Gasteiger charge is -2.31. The van der Waals surface area contributed by atoms with Gasteiger partial charge in [0.2, 0.25) is 5.89 Å². The first-order valence-electron chi connectivity index (χ1n) is 8.28. The third-order valence-corrected chi connectivity index (χ3v) is 4.71. The summed E-state index contributed by atoms with van der Waals surface area (Å²) in [6.07, 6.45) is 4.79. The van der Waals surface area contributed by atoms with Crippen LogP contribution in [-0.4, -0.2) is 60.9 Å². The van der Waals surface area contributed by atoms with Crippen LogP contribution in [0, 0.1) is 0 Å². The molecule has 2 aliphatic rings. The molecule has 6 heteroatoms. The molecule has 0 radical (unpaired) electrons. The van der Waals surface area contributed by atoms with Crippen LogP contribution in [0.1, 0.15) is 44.4 Å². The highest BCUT2D eigenvalue weighted by molar-refractivity contribution is 5.29. The number of hydrogen-bond acceptors (Lipinski definition) is 6. The first-order valence-corrected chi connectivity index (χ1v) is 8.28. The minimum Gasteiger partial charge on any atom is -0.337 e. The van der Waals surface area contributed by atoms with E-state index in [1.54, 1.807) is 0 Å². The van der Waals surface area contributed by atoms with Crippen molar-refractivity contribution in [3.63, 3.8) is 0 Å². The Labute approximate surface area is 126 Å². The average molecular weight is 293 g/mol. The molecule has 2 fully saturated rings. The molecule has 1 aliphatic carbocycles. The zero-order valence-electron chi connectivity index (χ0n) is 13.2. The van der Waals surface area contributed by atoms with Crippen molar-refractivity contribution in [2.45, 2.75) is 44.6 Å². The van der Waals surface area contributed by atoms with E-state index in [4.69, 9.17) is 4.52 Å². The second-order valence-electron chi connectivity index (χ2n) is 6.32. The van der Waals surface area contributed by atoms with Gasteiger partial charge in [0.05, 0.1) is 5.92 Å². The van der Waals surface area contributed by atoms with Crippen LogP contribution in [0.5, 0.6) is 0 Å². The maximum absolute atomic E-state index is 5.58. The van der Waals surface area contributed by atoms with E-state index in [1.165, 1.54) is 19.3 Å². The largest absolute Gasteiger partial charge is 0.337 e. The molecule has 2 heterocycles. The van der Waals surface area contributed by atoms with Crippen LogP contribution in [0.25, 0.3) is 0 Å². The molecule has 1 saturated carbocycles. The number of nitrogens with one attached hydrogen (secondary N) is 1. The highest BCUT2D eigenvalue weighted by Crippen LogP contribution is 2.34. The molecule has 1 aromatic rings. The lowest BCUT2D eigenvalue weighted by atomic mass is 10.0. The van der Waals surface area contributed by atoms with Gasteiger partial charge in [0.25, 0.3) is 5.95 Å². The fourth-order valence-corrected chi connectivity index (χ4v) is 3.34. The van der Waals surface area contributed by atoms with Crippen LogP contribution in [-0.2, 0) is 0 Å². The third kappa shape index (κ3) is 3.37. The normalized spacial score (nSPS) is 27.4. The molecule has 2 atom stereocenters. The Morgan fingerprint density at radius 1 is 1.24 bits per heavy atom. The molecular weight excluding hydrogens is 266 g/mol. The second kappa shape index (κ2) is 6.75. The van der Waals surface area contributed by atoms with E-state index in [9.17, 15) is 0 Å². The van der Waals surface area contributed by atoms with Crippen molar-refractivity contribution in [1.29, 1.82) is 0 Å². The predicted molar refractivity (Wildman–Crippen MR) is 82.7 cm³/mol. The first-order chi connectivity index (χ1) is 10.3. The molecule has 0 aromatic carbocycles. The molecule has 1 saturated heterocycles. The Morgan fingerprint density at radius 2 is 2.05 bits per heavy atom. The molecule has 118 valence electrons. The van der Waals surface area contributed by atoms with Gasteiger partial charge >= 0.3 is 0 Å². The summed E-state index contributed by atoms with van der Waals surface area (Å²) >= 11 is 0. The SMILES string of the molecule is CCCNC1CCCC1c1nc(N2CCN(C)CC2)no1. The molecule has 1 aliphatic heterocycles. The van der Waals surface area contributed by atoms with Crippen LogP contribution in [0.15, 0.2) is 4.52 Å². The van der Waals surface area contributed by atoms with Gasteiger partial charge < -0.3 is 19.6 Å². The third-order valence-electron chi connectivity index (χ3n) is 4.71. The molecular formula is C15H27N5O. The fourth-order valence-electron chi connectivity index (χ4n) is 3.34. The van der Waals surface area contributed by atoms with Gasteiger partial charge in [0.15, 0.2) is 0 Å². The lowest BCUT2D eigenvalue weighted by Crippen LogP contribution is -2.45. The quantitative estimate of drug-likeness (QED) is 0.887. The molecule has 2 unspecified atom stereocenters. The number of aromatic nitrogens is 2. The van der Waals surface area contributed by atoms with Crippen molar-refractivity contribution < 1.29 is 4.52 Å². The zero-order valence-corrected chi connectivity index (χ0v) is 13.2. The Hall–Kier alpha value is -1.14. The van der Waals surface area contributed by atoms with Gasteiger partial charge in [-0.3, -0.25) is 0 Å². The average Bonchev–Trinajstić information content (AvgIpc) is 3.14. The molecule has 3 rings (SSSR count). The van der Waals surface area contributed by atoms with Crippen molar-refractivity contribution in [1.82, 2.24) is 20.4 Å². The standard InChI is InChI=1S/C15H27N5O/c1-3-7-16-13-6-4-5-12(13)14-17-15(18-21-14)20-10-8-19(2)9-11-20/h12-13,16H,3-11H2,1-2H3. The van der Waals surface area contributed by atoms with E-state index in [-0.39, 0.29) is 0 Å². The molecule has 1 aromatic heterocycles. The zero-order chi connectivity index (χ0) is 14.7. The summed E-state index contributed by atoms with van der Waals surface area (Å²) in [5, 5.41) is 7.84. The number of nitrogens with zero attached hydrogens (tertiary/aromatic N) is 4. The smallest absolute Gasteiger partial charge is 0.266 e. The van der Waals surface area contributed by atoms with Crippen molar-refractivity contribution in [2.24, 2.45) is 0 Å². The van der Waals surface area contributed by atoms with Gasteiger partial charge in [-0.25, -0.2) is 0 Å². The van der Waals surface area contributed by atoms with E-state index in [1.807, 2.05) is 0 Å². The highest BCUT2D eigenvalue weighted by atomic mass is 16.5. The fraction of sp³-hybridized carbons (Fsp3) is 0.867. The monoisotopic (exact) mass is 293 g/mol. The molecule has 0 bridgehead atoms. The van der Waals surface area contributed by atoms with Gasteiger partial charge in [-0.2, -0.15) is 4.98 Å². The summed E-state index contributed by atoms with van der Waals surface area (Å²) < 4.78 is 5.58. The van der Waals surface area contributed by atoms with Gasteiger partial charge in [-0.15, -0.1) is 0 Å². The maximum atomic E-state index is 5.58. The predicted octanol–water partition coefficient (Wildman–Crippen LogP) is 1.46. The minimum atomic E-state index is 0.394. The van der Waals surface area contributed by atoms with E-state index in [0.29, 0.717) is 12.0 Å². The number of hydrogen-bond donors (Lipinski definition) is 1.